The molecule has 128 valence electrons. The Balaban J connectivity index is 1.84. The molecular weight excluding hydrogens is 300 g/mol. The molecule has 0 atom stereocenters. The molecule has 2 rings (SSSR count). The van der Waals surface area contributed by atoms with Crippen molar-refractivity contribution in [3.63, 3.8) is 0 Å². The van der Waals surface area contributed by atoms with Gasteiger partial charge in [0.1, 0.15) is 5.60 Å². The predicted molar refractivity (Wildman–Crippen MR) is 81.6 cm³/mol. The number of carboxylic acids is 1. The minimum Gasteiger partial charge on any atom is -0.479 e. The molecule has 0 aliphatic heterocycles. The minimum absolute atomic E-state index is 0.0747. The van der Waals surface area contributed by atoms with E-state index in [1.54, 1.807) is 0 Å². The second kappa shape index (κ2) is 7.62. The van der Waals surface area contributed by atoms with E-state index < -0.39 is 24.5 Å². The van der Waals surface area contributed by atoms with Crippen LogP contribution in [0.2, 0.25) is 0 Å². The molecular formula is C17H24O6. The van der Waals surface area contributed by atoms with Crippen LogP contribution in [0.4, 0.5) is 0 Å². The Kier molecular flexibility index (Phi) is 5.80. The Morgan fingerprint density at radius 1 is 1.09 bits per heavy atom. The van der Waals surface area contributed by atoms with Gasteiger partial charge in [0.25, 0.3) is 0 Å². The molecule has 23 heavy (non-hydrogen) atoms. The average molecular weight is 324 g/mol. The maximum absolute atomic E-state index is 12.1. The summed E-state index contributed by atoms with van der Waals surface area (Å²) in [5.41, 5.74) is -0.433. The molecule has 6 nitrogen and oxygen atoms in total. The van der Waals surface area contributed by atoms with Gasteiger partial charge in [0, 0.05) is 5.57 Å². The van der Waals surface area contributed by atoms with Gasteiger partial charge in [-0.2, -0.15) is 0 Å². The van der Waals surface area contributed by atoms with Gasteiger partial charge in [-0.05, 0) is 38.0 Å². The van der Waals surface area contributed by atoms with Gasteiger partial charge < -0.3 is 14.6 Å². The van der Waals surface area contributed by atoms with E-state index in [2.05, 4.69) is 11.3 Å². The molecule has 0 spiro atoms. The maximum Gasteiger partial charge on any atom is 0.341 e. The molecule has 0 saturated heterocycles. The van der Waals surface area contributed by atoms with E-state index in [0.717, 1.165) is 32.1 Å². The zero-order valence-electron chi connectivity index (χ0n) is 13.3. The highest BCUT2D eigenvalue weighted by Crippen LogP contribution is 2.47. The Labute approximate surface area is 135 Å². The van der Waals surface area contributed by atoms with Crippen molar-refractivity contribution in [1.29, 1.82) is 0 Å². The van der Waals surface area contributed by atoms with E-state index in [9.17, 15) is 14.4 Å². The van der Waals surface area contributed by atoms with Gasteiger partial charge in [-0.25, -0.2) is 9.59 Å². The minimum atomic E-state index is -1.25. The molecule has 0 bridgehead atoms. The number of carbonyl (C=O) groups is 3. The van der Waals surface area contributed by atoms with Gasteiger partial charge in [0.15, 0.2) is 6.61 Å². The van der Waals surface area contributed by atoms with Crippen molar-refractivity contribution in [2.45, 2.75) is 63.4 Å². The summed E-state index contributed by atoms with van der Waals surface area (Å²) in [4.78, 5) is 34.0. The molecule has 0 aromatic carbocycles. The molecule has 0 heterocycles. The van der Waals surface area contributed by atoms with Crippen LogP contribution in [0.3, 0.4) is 0 Å². The summed E-state index contributed by atoms with van der Waals surface area (Å²) < 4.78 is 10.2. The number of hydrogen-bond donors (Lipinski definition) is 1. The van der Waals surface area contributed by atoms with Gasteiger partial charge in [0.05, 0.1) is 6.42 Å². The van der Waals surface area contributed by atoms with Crippen LogP contribution < -0.4 is 0 Å². The summed E-state index contributed by atoms with van der Waals surface area (Å²) in [5.74, 6) is -2.18. The number of carboxylic acid groups (broad SMARTS) is 1. The Bertz CT molecular complexity index is 485. The fourth-order valence-corrected chi connectivity index (χ4v) is 3.49. The van der Waals surface area contributed by atoms with Crippen molar-refractivity contribution < 1.29 is 29.0 Å². The van der Waals surface area contributed by atoms with Crippen LogP contribution >= 0.6 is 0 Å². The molecule has 2 aliphatic carbocycles. The fourth-order valence-electron chi connectivity index (χ4n) is 3.49. The average Bonchev–Trinajstić information content (AvgIpc) is 2.49. The van der Waals surface area contributed by atoms with Gasteiger partial charge in [0.2, 0.25) is 0 Å². The highest BCUT2D eigenvalue weighted by atomic mass is 16.6. The number of ether oxygens (including phenoxy) is 2. The van der Waals surface area contributed by atoms with E-state index in [-0.39, 0.29) is 17.6 Å². The standard InChI is InChI=1S/C17H24O6/c1-12(16(21)22-11-14(18)19)10-15(20)23-17(8-5-9-17)13-6-3-2-4-7-13/h13H,1-11H2,(H,18,19). The summed E-state index contributed by atoms with van der Waals surface area (Å²) in [7, 11) is 0. The normalized spacial score (nSPS) is 20.2. The summed E-state index contributed by atoms with van der Waals surface area (Å²) in [6, 6.07) is 0. The van der Waals surface area contributed by atoms with Gasteiger partial charge in [-0.3, -0.25) is 4.79 Å². The van der Waals surface area contributed by atoms with Crippen LogP contribution in [-0.4, -0.2) is 35.2 Å². The van der Waals surface area contributed by atoms with Crippen LogP contribution in [-0.2, 0) is 23.9 Å². The predicted octanol–water partition coefficient (Wildman–Crippen LogP) is 2.61. The fraction of sp³-hybridized carbons (Fsp3) is 0.706. The first-order chi connectivity index (χ1) is 10.9. The quantitative estimate of drug-likeness (QED) is 0.572. The summed E-state index contributed by atoms with van der Waals surface area (Å²) >= 11 is 0. The number of aliphatic carboxylic acids is 1. The van der Waals surface area contributed by atoms with E-state index in [4.69, 9.17) is 9.84 Å². The molecule has 1 N–H and O–H groups in total. The van der Waals surface area contributed by atoms with Crippen molar-refractivity contribution in [1.82, 2.24) is 0 Å². The van der Waals surface area contributed by atoms with Crippen LogP contribution in [0.25, 0.3) is 0 Å². The first kappa shape index (κ1) is 17.5. The van der Waals surface area contributed by atoms with Crippen LogP contribution in [0, 0.1) is 5.92 Å². The molecule has 0 aromatic heterocycles. The summed E-state index contributed by atoms with van der Waals surface area (Å²) in [5, 5.41) is 8.46. The van der Waals surface area contributed by atoms with Crippen molar-refractivity contribution in [2.75, 3.05) is 6.61 Å². The van der Waals surface area contributed by atoms with Crippen LogP contribution in [0.5, 0.6) is 0 Å². The highest BCUT2D eigenvalue weighted by molar-refractivity contribution is 5.94. The third kappa shape index (κ3) is 4.56. The van der Waals surface area contributed by atoms with E-state index >= 15 is 0 Å². The van der Waals surface area contributed by atoms with Crippen molar-refractivity contribution in [3.05, 3.63) is 12.2 Å². The highest BCUT2D eigenvalue weighted by Gasteiger charge is 2.47. The molecule has 0 unspecified atom stereocenters. The number of hydrogen-bond acceptors (Lipinski definition) is 5. The second-order valence-corrected chi connectivity index (χ2v) is 6.48. The number of carbonyl (C=O) groups excluding carboxylic acids is 2. The first-order valence-corrected chi connectivity index (χ1v) is 8.21. The third-order valence-corrected chi connectivity index (χ3v) is 4.84. The van der Waals surface area contributed by atoms with Crippen molar-refractivity contribution >= 4 is 17.9 Å². The molecule has 2 saturated carbocycles. The van der Waals surface area contributed by atoms with Crippen LogP contribution in [0.1, 0.15) is 57.8 Å². The largest absolute Gasteiger partial charge is 0.479 e. The Hall–Kier alpha value is -1.85. The zero-order valence-corrected chi connectivity index (χ0v) is 13.3. The third-order valence-electron chi connectivity index (χ3n) is 4.84. The lowest BCUT2D eigenvalue weighted by Crippen LogP contribution is -2.49. The molecule has 0 amide bonds. The zero-order chi connectivity index (χ0) is 16.9. The van der Waals surface area contributed by atoms with Crippen LogP contribution in [0.15, 0.2) is 12.2 Å². The maximum atomic E-state index is 12.1. The topological polar surface area (TPSA) is 89.9 Å². The van der Waals surface area contributed by atoms with Crippen molar-refractivity contribution in [2.24, 2.45) is 5.92 Å². The lowest BCUT2D eigenvalue weighted by molar-refractivity contribution is -0.182. The molecule has 6 heteroatoms. The van der Waals surface area contributed by atoms with E-state index in [0.29, 0.717) is 5.92 Å². The number of esters is 2. The molecule has 0 aromatic rings. The lowest BCUT2D eigenvalue weighted by atomic mass is 9.66. The second-order valence-electron chi connectivity index (χ2n) is 6.48. The van der Waals surface area contributed by atoms with E-state index in [1.807, 2.05) is 0 Å². The molecule has 2 fully saturated rings. The van der Waals surface area contributed by atoms with Gasteiger partial charge in [-0.1, -0.05) is 25.8 Å². The number of rotatable bonds is 7. The summed E-state index contributed by atoms with van der Waals surface area (Å²) in [6.07, 6.45) is 8.36. The smallest absolute Gasteiger partial charge is 0.341 e. The molecule has 0 radical (unpaired) electrons. The van der Waals surface area contributed by atoms with Gasteiger partial charge >= 0.3 is 17.9 Å². The monoisotopic (exact) mass is 324 g/mol. The van der Waals surface area contributed by atoms with Crippen molar-refractivity contribution in [3.8, 4) is 0 Å². The molecule has 2 aliphatic rings. The Morgan fingerprint density at radius 2 is 1.74 bits per heavy atom. The van der Waals surface area contributed by atoms with Gasteiger partial charge in [-0.15, -0.1) is 0 Å². The lowest BCUT2D eigenvalue weighted by Gasteiger charge is -2.48. The SMILES string of the molecule is C=C(CC(=O)OC1(C2CCCCC2)CCC1)C(=O)OCC(=O)O. The first-order valence-electron chi connectivity index (χ1n) is 8.21. The van der Waals surface area contributed by atoms with E-state index in [1.165, 1.54) is 19.3 Å². The Morgan fingerprint density at radius 3 is 2.26 bits per heavy atom. The summed E-state index contributed by atoms with van der Waals surface area (Å²) in [6.45, 7) is 2.75.